The second kappa shape index (κ2) is 4.98. The molecule has 2 heteroatoms. The van der Waals surface area contributed by atoms with Crippen molar-refractivity contribution in [2.45, 2.75) is 6.42 Å². The van der Waals surface area contributed by atoms with Gasteiger partial charge < -0.3 is 12.3 Å². The van der Waals surface area contributed by atoms with Crippen molar-refractivity contribution < 1.29 is 32.7 Å². The Morgan fingerprint density at radius 1 is 1.25 bits per heavy atom. The molecule has 1 aliphatic heterocycles. The third-order valence-electron chi connectivity index (χ3n) is 2.12. The first kappa shape index (κ1) is 12.1. The minimum absolute atomic E-state index is 0. The van der Waals surface area contributed by atoms with Crippen molar-refractivity contribution in [2.24, 2.45) is 0 Å². The van der Waals surface area contributed by atoms with Crippen molar-refractivity contribution >= 4 is 5.69 Å². The molecule has 0 bridgehead atoms. The molecule has 1 radical (unpaired) electrons. The van der Waals surface area contributed by atoms with Gasteiger partial charge in [0.2, 0.25) is 0 Å². The van der Waals surface area contributed by atoms with Crippen LogP contribution in [-0.4, -0.2) is 13.6 Å². The zero-order valence-electron chi connectivity index (χ0n) is 7.75. The molecule has 12 heavy (non-hydrogen) atoms. The van der Waals surface area contributed by atoms with Crippen molar-refractivity contribution in [3.63, 3.8) is 0 Å². The van der Waals surface area contributed by atoms with E-state index >= 15 is 0 Å². The van der Waals surface area contributed by atoms with Crippen LogP contribution in [0.4, 0.5) is 5.69 Å². The average molecular weight is 237 g/mol. The fourth-order valence-corrected chi connectivity index (χ4v) is 1.50. The van der Waals surface area contributed by atoms with E-state index in [1.54, 1.807) is 0 Å². The van der Waals surface area contributed by atoms with Crippen molar-refractivity contribution in [3.05, 3.63) is 37.3 Å². The van der Waals surface area contributed by atoms with Crippen molar-refractivity contribution in [1.29, 1.82) is 0 Å². The second-order valence-corrected chi connectivity index (χ2v) is 2.80. The standard InChI is InChI=1S/C9H11N.CH3.Y/c1-10-7-6-8-4-2-3-5-9(8)10;;/h2-5H,6-7H2,1H3;1H3;/q;-1;. The molecule has 0 unspecified atom stereocenters. The number of rotatable bonds is 0. The summed E-state index contributed by atoms with van der Waals surface area (Å²) in [5.41, 5.74) is 2.90. The van der Waals surface area contributed by atoms with Gasteiger partial charge in [-0.2, -0.15) is 0 Å². The van der Waals surface area contributed by atoms with Gasteiger partial charge in [-0.3, -0.25) is 0 Å². The third kappa shape index (κ3) is 2.08. The smallest absolute Gasteiger partial charge is 0.0396 e. The summed E-state index contributed by atoms with van der Waals surface area (Å²) >= 11 is 0. The monoisotopic (exact) mass is 237 g/mol. The van der Waals surface area contributed by atoms with Crippen LogP contribution in [0.3, 0.4) is 0 Å². The van der Waals surface area contributed by atoms with Gasteiger partial charge in [-0.25, -0.2) is 0 Å². The van der Waals surface area contributed by atoms with E-state index < -0.39 is 0 Å². The Labute approximate surface area is 100 Å². The van der Waals surface area contributed by atoms with Crippen LogP contribution in [0.15, 0.2) is 24.3 Å². The van der Waals surface area contributed by atoms with Gasteiger partial charge in [0, 0.05) is 52.0 Å². The van der Waals surface area contributed by atoms with Crippen LogP contribution in [0.25, 0.3) is 0 Å². The van der Waals surface area contributed by atoms with E-state index in [0.29, 0.717) is 0 Å². The van der Waals surface area contributed by atoms with Gasteiger partial charge in [0.25, 0.3) is 0 Å². The molecule has 1 aromatic carbocycles. The van der Waals surface area contributed by atoms with Crippen LogP contribution in [0, 0.1) is 7.43 Å². The molecule has 1 aliphatic rings. The van der Waals surface area contributed by atoms with Gasteiger partial charge in [-0.1, -0.05) is 18.2 Å². The molecule has 0 amide bonds. The number of anilines is 1. The summed E-state index contributed by atoms with van der Waals surface area (Å²) in [6.45, 7) is 1.18. The first-order valence-electron chi connectivity index (χ1n) is 3.67. The number of nitrogens with zero attached hydrogens (tertiary/aromatic N) is 1. The number of hydrogen-bond donors (Lipinski definition) is 0. The summed E-state index contributed by atoms with van der Waals surface area (Å²) < 4.78 is 0. The predicted molar refractivity (Wildman–Crippen MR) is 49.8 cm³/mol. The average Bonchev–Trinajstić information content (AvgIpc) is 2.34. The molecule has 0 saturated carbocycles. The summed E-state index contributed by atoms with van der Waals surface area (Å²) in [5.74, 6) is 0. The van der Waals surface area contributed by atoms with E-state index in [-0.39, 0.29) is 40.1 Å². The summed E-state index contributed by atoms with van der Waals surface area (Å²) in [6, 6.07) is 8.60. The van der Waals surface area contributed by atoms with Crippen LogP contribution < -0.4 is 4.90 Å². The molecular weight excluding hydrogens is 223 g/mol. The Balaban J connectivity index is 0.000000605. The summed E-state index contributed by atoms with van der Waals surface area (Å²) in [6.07, 6.45) is 1.21. The fraction of sp³-hybridized carbons (Fsp3) is 0.300. The third-order valence-corrected chi connectivity index (χ3v) is 2.12. The Hall–Kier alpha value is 0.124. The predicted octanol–water partition coefficient (Wildman–Crippen LogP) is 2.13. The molecule has 2 rings (SSSR count). The Morgan fingerprint density at radius 2 is 1.92 bits per heavy atom. The maximum Gasteiger partial charge on any atom is 0.0396 e. The summed E-state index contributed by atoms with van der Waals surface area (Å²) in [4.78, 5) is 2.30. The molecule has 0 spiro atoms. The van der Waals surface area contributed by atoms with E-state index in [0.717, 1.165) is 0 Å². The molecule has 0 aromatic heterocycles. The van der Waals surface area contributed by atoms with Crippen LogP contribution in [0.1, 0.15) is 5.56 Å². The first-order valence-corrected chi connectivity index (χ1v) is 3.67. The minimum Gasteiger partial charge on any atom is -0.374 e. The molecule has 1 nitrogen and oxygen atoms in total. The van der Waals surface area contributed by atoms with E-state index in [2.05, 4.69) is 36.2 Å². The topological polar surface area (TPSA) is 3.24 Å². The Morgan fingerprint density at radius 3 is 2.58 bits per heavy atom. The minimum atomic E-state index is 0. The Bertz CT molecular complexity index is 247. The van der Waals surface area contributed by atoms with Gasteiger partial charge >= 0.3 is 0 Å². The van der Waals surface area contributed by atoms with Crippen LogP contribution >= 0.6 is 0 Å². The zero-order chi connectivity index (χ0) is 6.97. The molecular formula is C10H14NY-. The molecule has 63 valence electrons. The second-order valence-electron chi connectivity index (χ2n) is 2.80. The Kier molecular flexibility index (Phi) is 5.04. The zero-order valence-corrected chi connectivity index (χ0v) is 10.6. The SMILES string of the molecule is CN1CCc2ccccc21.[CH3-].[Y]. The largest absolute Gasteiger partial charge is 0.374 e. The van der Waals surface area contributed by atoms with Crippen LogP contribution in [-0.2, 0) is 39.1 Å². The molecule has 0 saturated heterocycles. The van der Waals surface area contributed by atoms with Gasteiger partial charge in [-0.05, 0) is 18.1 Å². The quantitative estimate of drug-likeness (QED) is 0.625. The number of hydrogen-bond acceptors (Lipinski definition) is 1. The summed E-state index contributed by atoms with van der Waals surface area (Å²) in [5, 5.41) is 0. The van der Waals surface area contributed by atoms with Crippen LogP contribution in [0.2, 0.25) is 0 Å². The number of benzene rings is 1. The van der Waals surface area contributed by atoms with E-state index in [1.165, 1.54) is 24.2 Å². The van der Waals surface area contributed by atoms with Crippen molar-refractivity contribution in [2.75, 3.05) is 18.5 Å². The number of para-hydroxylation sites is 1. The van der Waals surface area contributed by atoms with Gasteiger partial charge in [-0.15, -0.1) is 0 Å². The molecule has 1 heterocycles. The van der Waals surface area contributed by atoms with E-state index in [1.807, 2.05) is 0 Å². The van der Waals surface area contributed by atoms with Gasteiger partial charge in [0.1, 0.15) is 0 Å². The molecule has 0 N–H and O–H groups in total. The number of fused-ring (bicyclic) bond motifs is 1. The molecule has 0 fully saturated rings. The molecule has 0 atom stereocenters. The van der Waals surface area contributed by atoms with E-state index in [4.69, 9.17) is 0 Å². The van der Waals surface area contributed by atoms with Crippen molar-refractivity contribution in [3.8, 4) is 0 Å². The van der Waals surface area contributed by atoms with Crippen molar-refractivity contribution in [1.82, 2.24) is 0 Å². The van der Waals surface area contributed by atoms with Gasteiger partial charge in [0.05, 0.1) is 0 Å². The maximum absolute atomic E-state index is 2.30. The fourth-order valence-electron chi connectivity index (χ4n) is 1.50. The van der Waals surface area contributed by atoms with Gasteiger partial charge in [0.15, 0.2) is 0 Å². The van der Waals surface area contributed by atoms with E-state index in [9.17, 15) is 0 Å². The number of likely N-dealkylation sites (N-methyl/N-ethyl adjacent to an activating group) is 1. The molecule has 0 aliphatic carbocycles. The molecule has 1 aromatic rings. The van der Waals surface area contributed by atoms with Crippen LogP contribution in [0.5, 0.6) is 0 Å². The maximum atomic E-state index is 2.30. The first-order chi connectivity index (χ1) is 4.88. The normalized spacial score (nSPS) is 12.9. The summed E-state index contributed by atoms with van der Waals surface area (Å²) in [7, 11) is 2.14.